The number of hydrogen-bond acceptors (Lipinski definition) is 4. The summed E-state index contributed by atoms with van der Waals surface area (Å²) >= 11 is 0. The van der Waals surface area contributed by atoms with Gasteiger partial charge in [0.2, 0.25) is 5.82 Å². The first kappa shape index (κ1) is 18.2. The van der Waals surface area contributed by atoms with Crippen molar-refractivity contribution in [3.05, 3.63) is 59.3 Å². The number of hydrogen-bond donors (Lipinski definition) is 1. The van der Waals surface area contributed by atoms with E-state index in [1.165, 1.54) is 23.7 Å². The first-order valence-corrected chi connectivity index (χ1v) is 6.51. The number of nitrogens with one attached hydrogen (secondary N) is 1. The molecule has 0 bridgehead atoms. The van der Waals surface area contributed by atoms with Gasteiger partial charge >= 0.3 is 5.97 Å². The number of ether oxygens (including phenoxy) is 1. The van der Waals surface area contributed by atoms with E-state index in [0.29, 0.717) is 5.76 Å². The van der Waals surface area contributed by atoms with E-state index in [1.807, 2.05) is 0 Å². The van der Waals surface area contributed by atoms with Crippen LogP contribution in [0, 0.1) is 29.1 Å². The summed E-state index contributed by atoms with van der Waals surface area (Å²) in [6.07, 6.45) is 3.48. The summed E-state index contributed by atoms with van der Waals surface area (Å²) in [4.78, 5) is 22.8. The van der Waals surface area contributed by atoms with E-state index in [-0.39, 0.29) is 0 Å². The second kappa shape index (κ2) is 7.60. The molecule has 0 saturated carbocycles. The van der Waals surface area contributed by atoms with E-state index in [1.54, 1.807) is 6.07 Å². The molecule has 0 unspecified atom stereocenters. The summed E-state index contributed by atoms with van der Waals surface area (Å²) in [7, 11) is 0. The summed E-state index contributed by atoms with van der Waals surface area (Å²) in [5.74, 6) is -13.2. The van der Waals surface area contributed by atoms with Crippen molar-refractivity contribution in [2.45, 2.75) is 0 Å². The Morgan fingerprint density at radius 3 is 2.20 bits per heavy atom. The van der Waals surface area contributed by atoms with E-state index in [2.05, 4.69) is 4.74 Å². The highest BCUT2D eigenvalue weighted by Crippen LogP contribution is 2.26. The SMILES string of the molecule is O=C(COC(=O)/C=C/c1ccco1)Nc1c(F)c(F)c(F)c(F)c1F. The second-order valence-corrected chi connectivity index (χ2v) is 4.45. The Hall–Kier alpha value is -3.17. The van der Waals surface area contributed by atoms with Crippen molar-refractivity contribution in [3.63, 3.8) is 0 Å². The molecule has 10 heteroatoms. The lowest BCUT2D eigenvalue weighted by Crippen LogP contribution is -2.22. The predicted octanol–water partition coefficient (Wildman–Crippen LogP) is 3.17. The molecule has 1 aromatic carbocycles. The van der Waals surface area contributed by atoms with E-state index >= 15 is 0 Å². The topological polar surface area (TPSA) is 68.5 Å². The number of esters is 1. The summed E-state index contributed by atoms with van der Waals surface area (Å²) in [6, 6.07) is 3.09. The lowest BCUT2D eigenvalue weighted by molar-refractivity contribution is -0.142. The van der Waals surface area contributed by atoms with Gasteiger partial charge in [0.15, 0.2) is 29.9 Å². The molecule has 0 aliphatic rings. The maximum Gasteiger partial charge on any atom is 0.331 e. The molecule has 1 amide bonds. The van der Waals surface area contributed by atoms with Gasteiger partial charge in [0, 0.05) is 6.08 Å². The molecule has 0 spiro atoms. The van der Waals surface area contributed by atoms with Crippen LogP contribution in [-0.4, -0.2) is 18.5 Å². The zero-order valence-electron chi connectivity index (χ0n) is 12.1. The van der Waals surface area contributed by atoms with Gasteiger partial charge in [-0.1, -0.05) is 0 Å². The molecule has 1 aromatic heterocycles. The molecule has 132 valence electrons. The Kier molecular flexibility index (Phi) is 5.52. The minimum atomic E-state index is -2.36. The van der Waals surface area contributed by atoms with Crippen LogP contribution in [-0.2, 0) is 14.3 Å². The van der Waals surface area contributed by atoms with Gasteiger partial charge in [0.25, 0.3) is 5.91 Å². The van der Waals surface area contributed by atoms with E-state index in [9.17, 15) is 31.5 Å². The van der Waals surface area contributed by atoms with Crippen LogP contribution in [0.3, 0.4) is 0 Å². The third kappa shape index (κ3) is 4.22. The molecule has 0 fully saturated rings. The Bertz CT molecular complexity index is 804. The first-order chi connectivity index (χ1) is 11.8. The predicted molar refractivity (Wildman–Crippen MR) is 73.6 cm³/mol. The maximum absolute atomic E-state index is 13.4. The third-order valence-corrected chi connectivity index (χ3v) is 2.75. The Balaban J connectivity index is 1.98. The first-order valence-electron chi connectivity index (χ1n) is 6.51. The average Bonchev–Trinajstić information content (AvgIpc) is 3.12. The molecule has 2 aromatic rings. The number of amides is 1. The molecule has 0 aliphatic heterocycles. The van der Waals surface area contributed by atoms with Crippen LogP contribution in [0.4, 0.5) is 27.6 Å². The Labute approximate surface area is 136 Å². The standard InChI is InChI=1S/C15H8F5NO4/c16-10-11(17)13(19)15(14(20)12(10)18)21-8(22)6-25-9(23)4-3-7-2-1-5-24-7/h1-5H,6H2,(H,21,22)/b4-3+. The number of carbonyl (C=O) groups is 2. The highest BCUT2D eigenvalue weighted by atomic mass is 19.2. The van der Waals surface area contributed by atoms with Gasteiger partial charge in [-0.05, 0) is 18.2 Å². The van der Waals surface area contributed by atoms with Crippen LogP contribution < -0.4 is 5.32 Å². The van der Waals surface area contributed by atoms with Crippen molar-refractivity contribution in [1.82, 2.24) is 0 Å². The maximum atomic E-state index is 13.4. The van der Waals surface area contributed by atoms with Gasteiger partial charge in [-0.15, -0.1) is 0 Å². The molecular formula is C15H8F5NO4. The number of rotatable bonds is 5. The fourth-order valence-electron chi connectivity index (χ4n) is 1.61. The van der Waals surface area contributed by atoms with Crippen LogP contribution in [0.5, 0.6) is 0 Å². The van der Waals surface area contributed by atoms with Gasteiger partial charge in [-0.2, -0.15) is 0 Å². The third-order valence-electron chi connectivity index (χ3n) is 2.75. The normalized spacial score (nSPS) is 10.9. The van der Waals surface area contributed by atoms with Gasteiger partial charge < -0.3 is 14.5 Å². The quantitative estimate of drug-likeness (QED) is 0.292. The average molecular weight is 361 g/mol. The number of furan rings is 1. The van der Waals surface area contributed by atoms with Crippen molar-refractivity contribution in [1.29, 1.82) is 0 Å². The Morgan fingerprint density at radius 2 is 1.64 bits per heavy atom. The molecule has 5 nitrogen and oxygen atoms in total. The molecule has 0 atom stereocenters. The molecule has 1 N–H and O–H groups in total. The summed E-state index contributed by atoms with van der Waals surface area (Å²) in [5, 5.41) is 1.46. The zero-order chi connectivity index (χ0) is 18.6. The van der Waals surface area contributed by atoms with Gasteiger partial charge in [-0.25, -0.2) is 26.7 Å². The van der Waals surface area contributed by atoms with Crippen molar-refractivity contribution in [3.8, 4) is 0 Å². The minimum absolute atomic E-state index is 0.322. The molecule has 0 saturated heterocycles. The Morgan fingerprint density at radius 1 is 1.04 bits per heavy atom. The molecule has 0 aliphatic carbocycles. The lowest BCUT2D eigenvalue weighted by Gasteiger charge is -2.09. The minimum Gasteiger partial charge on any atom is -0.465 e. The van der Waals surface area contributed by atoms with Crippen LogP contribution >= 0.6 is 0 Å². The van der Waals surface area contributed by atoms with E-state index in [0.717, 1.165) is 6.08 Å². The summed E-state index contributed by atoms with van der Waals surface area (Å²) in [6.45, 7) is -1.01. The van der Waals surface area contributed by atoms with Gasteiger partial charge in [-0.3, -0.25) is 4.79 Å². The zero-order valence-corrected chi connectivity index (χ0v) is 12.1. The number of anilines is 1. The molecular weight excluding hydrogens is 353 g/mol. The van der Waals surface area contributed by atoms with Crippen LogP contribution in [0.15, 0.2) is 28.9 Å². The van der Waals surface area contributed by atoms with E-state index < -0.39 is 53.3 Å². The lowest BCUT2D eigenvalue weighted by atomic mass is 10.2. The molecule has 25 heavy (non-hydrogen) atoms. The highest BCUT2D eigenvalue weighted by Gasteiger charge is 2.26. The fourth-order valence-corrected chi connectivity index (χ4v) is 1.61. The van der Waals surface area contributed by atoms with Crippen molar-refractivity contribution >= 4 is 23.6 Å². The second-order valence-electron chi connectivity index (χ2n) is 4.45. The fraction of sp³-hybridized carbons (Fsp3) is 0.0667. The summed E-state index contributed by atoms with van der Waals surface area (Å²) in [5.41, 5.74) is -1.54. The largest absolute Gasteiger partial charge is 0.465 e. The van der Waals surface area contributed by atoms with E-state index in [4.69, 9.17) is 4.42 Å². The van der Waals surface area contributed by atoms with Crippen molar-refractivity contribution in [2.75, 3.05) is 11.9 Å². The van der Waals surface area contributed by atoms with Crippen LogP contribution in [0.2, 0.25) is 0 Å². The van der Waals surface area contributed by atoms with Crippen molar-refractivity contribution in [2.24, 2.45) is 0 Å². The number of carbonyl (C=O) groups excluding carboxylic acids is 2. The molecule has 2 rings (SSSR count). The highest BCUT2D eigenvalue weighted by molar-refractivity contribution is 5.94. The van der Waals surface area contributed by atoms with Crippen molar-refractivity contribution < 1.29 is 40.7 Å². The molecule has 0 radical (unpaired) electrons. The van der Waals surface area contributed by atoms with Crippen LogP contribution in [0.1, 0.15) is 5.76 Å². The van der Waals surface area contributed by atoms with Gasteiger partial charge in [0.05, 0.1) is 6.26 Å². The molecule has 1 heterocycles. The monoisotopic (exact) mass is 361 g/mol. The number of benzene rings is 1. The van der Waals surface area contributed by atoms with Crippen LogP contribution in [0.25, 0.3) is 6.08 Å². The van der Waals surface area contributed by atoms with Gasteiger partial charge in [0.1, 0.15) is 11.4 Å². The summed E-state index contributed by atoms with van der Waals surface area (Å²) < 4.78 is 74.9. The number of halogens is 5. The smallest absolute Gasteiger partial charge is 0.331 e.